The number of rotatable bonds is 6. The topological polar surface area (TPSA) is 84.7 Å². The van der Waals surface area contributed by atoms with E-state index < -0.39 is 17.2 Å². The third-order valence-corrected chi connectivity index (χ3v) is 10.6. The first-order chi connectivity index (χ1) is 21.8. The van der Waals surface area contributed by atoms with Crippen molar-refractivity contribution in [2.45, 2.75) is 102 Å². The van der Waals surface area contributed by atoms with Crippen molar-refractivity contribution in [3.05, 3.63) is 57.4 Å². The zero-order chi connectivity index (χ0) is 33.0. The smallest absolute Gasteiger partial charge is 0.309 e. The summed E-state index contributed by atoms with van der Waals surface area (Å²) in [7, 11) is 4.09. The summed E-state index contributed by atoms with van der Waals surface area (Å²) in [5.74, 6) is -1.05. The summed E-state index contributed by atoms with van der Waals surface area (Å²) >= 11 is 6.65. The van der Waals surface area contributed by atoms with E-state index in [1.54, 1.807) is 18.2 Å². The first kappa shape index (κ1) is 32.9. The summed E-state index contributed by atoms with van der Waals surface area (Å²) in [6.07, 6.45) is 7.87. The van der Waals surface area contributed by atoms with Crippen molar-refractivity contribution in [3.63, 3.8) is 0 Å². The van der Waals surface area contributed by atoms with Gasteiger partial charge in [0.05, 0.1) is 27.9 Å². The quantitative estimate of drug-likeness (QED) is 0.338. The van der Waals surface area contributed by atoms with Gasteiger partial charge in [0.25, 0.3) is 5.91 Å². The number of likely N-dealkylation sites (tertiary alicyclic amines) is 1. The molecule has 2 unspecified atom stereocenters. The van der Waals surface area contributed by atoms with Gasteiger partial charge in [0, 0.05) is 42.6 Å². The Labute approximate surface area is 276 Å². The van der Waals surface area contributed by atoms with Crippen molar-refractivity contribution < 1.29 is 23.5 Å². The normalized spacial score (nSPS) is 24.3. The minimum Gasteiger partial charge on any atom is -0.460 e. The molecule has 0 bridgehead atoms. The van der Waals surface area contributed by atoms with E-state index in [1.165, 1.54) is 4.68 Å². The number of alkyl halides is 1. The number of carbonyl (C=O) groups is 3. The largest absolute Gasteiger partial charge is 0.460 e. The van der Waals surface area contributed by atoms with Gasteiger partial charge in [-0.25, -0.2) is 4.39 Å². The van der Waals surface area contributed by atoms with Crippen LogP contribution in [-0.4, -0.2) is 76.2 Å². The zero-order valence-corrected chi connectivity index (χ0v) is 28.5. The maximum absolute atomic E-state index is 15.9. The number of aromatic nitrogens is 2. The molecule has 4 aliphatic rings. The van der Waals surface area contributed by atoms with E-state index in [1.807, 2.05) is 45.8 Å². The number of amides is 1. The lowest BCUT2D eigenvalue weighted by atomic mass is 9.75. The van der Waals surface area contributed by atoms with Crippen LogP contribution in [0.1, 0.15) is 105 Å². The van der Waals surface area contributed by atoms with E-state index in [0.29, 0.717) is 75.2 Å². The lowest BCUT2D eigenvalue weighted by Gasteiger charge is -2.35. The second-order valence-corrected chi connectivity index (χ2v) is 15.2. The Kier molecular flexibility index (Phi) is 8.96. The first-order valence-electron chi connectivity index (χ1n) is 16.8. The van der Waals surface area contributed by atoms with E-state index in [-0.39, 0.29) is 34.3 Å². The molecule has 1 aromatic heterocycles. The highest BCUT2D eigenvalue weighted by Gasteiger charge is 2.43. The van der Waals surface area contributed by atoms with E-state index >= 15 is 4.39 Å². The Morgan fingerprint density at radius 1 is 1.09 bits per heavy atom. The fourth-order valence-corrected chi connectivity index (χ4v) is 7.75. The molecule has 1 aromatic carbocycles. The van der Waals surface area contributed by atoms with Crippen molar-refractivity contribution in [2.75, 3.05) is 27.2 Å². The predicted octanol–water partition coefficient (Wildman–Crippen LogP) is 6.37. The van der Waals surface area contributed by atoms with Crippen LogP contribution in [0.2, 0.25) is 5.02 Å². The van der Waals surface area contributed by atoms with Crippen molar-refractivity contribution in [3.8, 4) is 0 Å². The lowest BCUT2D eigenvalue weighted by Crippen LogP contribution is -2.40. The molecule has 2 aromatic rings. The van der Waals surface area contributed by atoms with Crippen LogP contribution >= 0.6 is 11.6 Å². The molecule has 6 rings (SSSR count). The number of esters is 1. The minimum absolute atomic E-state index is 0.115. The Morgan fingerprint density at radius 2 is 1.83 bits per heavy atom. The molecule has 2 fully saturated rings. The van der Waals surface area contributed by atoms with E-state index in [4.69, 9.17) is 21.4 Å². The Morgan fingerprint density at radius 3 is 2.43 bits per heavy atom. The maximum atomic E-state index is 15.9. The highest BCUT2D eigenvalue weighted by molar-refractivity contribution is 6.34. The summed E-state index contributed by atoms with van der Waals surface area (Å²) < 4.78 is 22.9. The molecule has 1 amide bonds. The van der Waals surface area contributed by atoms with E-state index in [2.05, 4.69) is 4.90 Å². The summed E-state index contributed by atoms with van der Waals surface area (Å²) in [6, 6.07) is 5.31. The average molecular weight is 653 g/mol. The van der Waals surface area contributed by atoms with Crippen LogP contribution in [0.5, 0.6) is 0 Å². The molecular formula is C36H46ClFN4O4. The molecule has 8 nitrogen and oxygen atoms in total. The van der Waals surface area contributed by atoms with Gasteiger partial charge in [-0.15, -0.1) is 0 Å². The highest BCUT2D eigenvalue weighted by Crippen LogP contribution is 2.48. The molecule has 3 aliphatic carbocycles. The number of hydrogen-bond donors (Lipinski definition) is 0. The third-order valence-electron chi connectivity index (χ3n) is 10.3. The second-order valence-electron chi connectivity index (χ2n) is 14.8. The Bertz CT molecular complexity index is 1570. The van der Waals surface area contributed by atoms with E-state index in [0.717, 1.165) is 36.2 Å². The van der Waals surface area contributed by atoms with Crippen LogP contribution < -0.4 is 0 Å². The Balaban J connectivity index is 1.34. The zero-order valence-electron chi connectivity index (χ0n) is 27.7. The summed E-state index contributed by atoms with van der Waals surface area (Å²) in [5.41, 5.74) is 1.70. The standard InChI is InChI=1S/C36H46ClFN4O4/c1-35(2,3)46-34(45)23-12-10-22(11-13-23)31-26-15-14-24(32(43)41-19-16-25(21-41)40(4)5)20-29(26)42(39-31)33(44)30-27(8-6-9-28(30)37)36(38)17-7-18-36/h6,8-10,23-25H,7,11-21H2,1-5H3/t23?,24?,25-/m1/s1. The molecule has 10 heteroatoms. The molecule has 46 heavy (non-hydrogen) atoms. The fourth-order valence-electron chi connectivity index (χ4n) is 7.50. The number of ether oxygens (including phenoxy) is 1. The summed E-state index contributed by atoms with van der Waals surface area (Å²) in [5, 5.41) is 5.12. The average Bonchev–Trinajstić information content (AvgIpc) is 3.64. The second kappa shape index (κ2) is 12.5. The van der Waals surface area contributed by atoms with Crippen molar-refractivity contribution in [2.24, 2.45) is 11.8 Å². The molecule has 0 radical (unpaired) electrons. The molecular weight excluding hydrogens is 607 g/mol. The molecule has 0 N–H and O–H groups in total. The van der Waals surface area contributed by atoms with Crippen molar-refractivity contribution >= 4 is 35.0 Å². The SMILES string of the molecule is CN(C)[C@@H]1CCN(C(=O)C2CCc3c(C4=CCC(C(=O)OC(C)(C)C)CC4)nn(C(=O)c4c(Cl)cccc4C4(F)CCC4)c3C2)C1. The van der Waals surface area contributed by atoms with Gasteiger partial charge in [0.15, 0.2) is 0 Å². The number of nitrogens with zero attached hydrogens (tertiary/aromatic N) is 4. The van der Waals surface area contributed by atoms with Crippen LogP contribution in [0.4, 0.5) is 4.39 Å². The maximum Gasteiger partial charge on any atom is 0.309 e. The molecule has 2 heterocycles. The van der Waals surface area contributed by atoms with Gasteiger partial charge < -0.3 is 14.5 Å². The highest BCUT2D eigenvalue weighted by atomic mass is 35.5. The van der Waals surface area contributed by atoms with Gasteiger partial charge >= 0.3 is 5.97 Å². The molecule has 1 saturated heterocycles. The van der Waals surface area contributed by atoms with E-state index in [9.17, 15) is 14.4 Å². The van der Waals surface area contributed by atoms with Gasteiger partial charge in [0.2, 0.25) is 5.91 Å². The first-order valence-corrected chi connectivity index (χ1v) is 17.1. The predicted molar refractivity (Wildman–Crippen MR) is 175 cm³/mol. The number of halogens is 2. The van der Waals surface area contributed by atoms with Crippen LogP contribution in [0.3, 0.4) is 0 Å². The molecule has 0 spiro atoms. The Hall–Kier alpha value is -3.04. The van der Waals surface area contributed by atoms with Gasteiger partial charge in [0.1, 0.15) is 11.3 Å². The summed E-state index contributed by atoms with van der Waals surface area (Å²) in [6.45, 7) is 7.03. The monoisotopic (exact) mass is 652 g/mol. The fraction of sp³-hybridized carbons (Fsp3) is 0.611. The molecule has 1 saturated carbocycles. The van der Waals surface area contributed by atoms with Gasteiger partial charge in [-0.3, -0.25) is 14.4 Å². The van der Waals surface area contributed by atoms with Gasteiger partial charge in [-0.1, -0.05) is 29.8 Å². The van der Waals surface area contributed by atoms with Crippen molar-refractivity contribution in [1.82, 2.24) is 19.6 Å². The minimum atomic E-state index is -1.59. The lowest BCUT2D eigenvalue weighted by molar-refractivity contribution is -0.160. The van der Waals surface area contributed by atoms with Crippen LogP contribution in [0, 0.1) is 11.8 Å². The van der Waals surface area contributed by atoms with Crippen LogP contribution in [0.25, 0.3) is 5.57 Å². The molecule has 3 atom stereocenters. The number of carbonyl (C=O) groups excluding carboxylic acids is 3. The molecule has 248 valence electrons. The molecule has 1 aliphatic heterocycles. The number of allylic oxidation sites excluding steroid dienone is 2. The number of fused-ring (bicyclic) bond motifs is 1. The van der Waals surface area contributed by atoms with Crippen LogP contribution in [0.15, 0.2) is 24.3 Å². The van der Waals surface area contributed by atoms with Gasteiger partial charge in [-0.05, 0) is 104 Å². The number of likely N-dealkylation sites (N-methyl/N-ethyl adjacent to an activating group) is 1. The van der Waals surface area contributed by atoms with Gasteiger partial charge in [-0.2, -0.15) is 9.78 Å². The third kappa shape index (κ3) is 6.29. The number of benzene rings is 1. The number of hydrogen-bond acceptors (Lipinski definition) is 6. The summed E-state index contributed by atoms with van der Waals surface area (Å²) in [4.78, 5) is 45.1. The van der Waals surface area contributed by atoms with Crippen molar-refractivity contribution in [1.29, 1.82) is 0 Å². The van der Waals surface area contributed by atoms with Crippen LogP contribution in [-0.2, 0) is 32.8 Å².